The van der Waals surface area contributed by atoms with Crippen molar-refractivity contribution in [2.45, 2.75) is 38.4 Å². The molecule has 0 spiro atoms. The Morgan fingerprint density at radius 2 is 1.96 bits per heavy atom. The maximum Gasteiger partial charge on any atom is 0.237 e. The van der Waals surface area contributed by atoms with Crippen molar-refractivity contribution >= 4 is 16.8 Å². The quantitative estimate of drug-likeness (QED) is 0.656. The van der Waals surface area contributed by atoms with E-state index < -0.39 is 0 Å². The van der Waals surface area contributed by atoms with Crippen LogP contribution >= 0.6 is 0 Å². The Balaban J connectivity index is 1.60. The van der Waals surface area contributed by atoms with Crippen LogP contribution in [0.15, 0.2) is 42.5 Å². The molecule has 6 heteroatoms. The molecule has 5 rings (SSSR count). The number of carbonyl (C=O) groups excluding carboxylic acids is 1. The number of nitrogens with one attached hydrogen (secondary N) is 3. The molecule has 2 aromatic carbocycles. The average molecular weight is 377 g/mol. The molecule has 0 saturated carbocycles. The lowest BCUT2D eigenvalue weighted by atomic mass is 9.89. The van der Waals surface area contributed by atoms with Crippen LogP contribution in [0, 0.1) is 0 Å². The van der Waals surface area contributed by atoms with Crippen LogP contribution in [0.2, 0.25) is 0 Å². The highest BCUT2D eigenvalue weighted by atomic mass is 16.7. The van der Waals surface area contributed by atoms with Crippen molar-refractivity contribution < 1.29 is 14.3 Å². The molecule has 0 radical (unpaired) electrons. The number of carbonyl (C=O) groups is 1. The smallest absolute Gasteiger partial charge is 0.237 e. The molecular formula is C22H23N3O3. The zero-order valence-corrected chi connectivity index (χ0v) is 15.9. The number of para-hydroxylation sites is 1. The maximum atomic E-state index is 12.8. The average Bonchev–Trinajstić information content (AvgIpc) is 3.30. The van der Waals surface area contributed by atoms with Crippen molar-refractivity contribution in [1.82, 2.24) is 15.6 Å². The first-order chi connectivity index (χ1) is 13.6. The van der Waals surface area contributed by atoms with E-state index in [0.29, 0.717) is 6.42 Å². The second-order valence-corrected chi connectivity index (χ2v) is 7.70. The third kappa shape index (κ3) is 2.81. The molecule has 28 heavy (non-hydrogen) atoms. The third-order valence-corrected chi connectivity index (χ3v) is 5.39. The number of hydrogen-bond donors (Lipinski definition) is 3. The van der Waals surface area contributed by atoms with Crippen molar-refractivity contribution in [2.75, 3.05) is 6.79 Å². The van der Waals surface area contributed by atoms with E-state index in [4.69, 9.17) is 9.47 Å². The lowest BCUT2D eigenvalue weighted by Gasteiger charge is -2.31. The van der Waals surface area contributed by atoms with E-state index in [2.05, 4.69) is 27.8 Å². The van der Waals surface area contributed by atoms with Crippen LogP contribution in [0.4, 0.5) is 0 Å². The largest absolute Gasteiger partial charge is 0.454 e. The lowest BCUT2D eigenvalue weighted by molar-refractivity contribution is -0.123. The first-order valence-corrected chi connectivity index (χ1v) is 9.65. The number of fused-ring (bicyclic) bond motifs is 4. The van der Waals surface area contributed by atoms with Crippen LogP contribution < -0.4 is 20.1 Å². The fourth-order valence-corrected chi connectivity index (χ4v) is 4.14. The number of aromatic amines is 1. The molecule has 0 aliphatic carbocycles. The van der Waals surface area contributed by atoms with Gasteiger partial charge in [-0.1, -0.05) is 24.3 Å². The van der Waals surface area contributed by atoms with Gasteiger partial charge in [0.2, 0.25) is 12.7 Å². The highest BCUT2D eigenvalue weighted by molar-refractivity contribution is 5.88. The van der Waals surface area contributed by atoms with Gasteiger partial charge in [0.1, 0.15) is 0 Å². The molecule has 0 fully saturated rings. The zero-order valence-electron chi connectivity index (χ0n) is 15.9. The number of rotatable bonds is 3. The second kappa shape index (κ2) is 6.56. The van der Waals surface area contributed by atoms with Gasteiger partial charge in [-0.15, -0.1) is 0 Å². The Morgan fingerprint density at radius 3 is 2.82 bits per heavy atom. The standard InChI is InChI=1S/C22H23N3O3/c1-12(2)23-22(26)17-10-15-14-5-3-4-6-16(14)24-21(15)20(25-17)13-7-8-18-19(9-13)28-11-27-18/h3-9,12,17,20,24-25H,10-11H2,1-2H3,(H,23,26)/t17-,20+/m0/s1. The van der Waals surface area contributed by atoms with Crippen molar-refractivity contribution in [3.8, 4) is 11.5 Å². The lowest BCUT2D eigenvalue weighted by Crippen LogP contribution is -2.51. The molecule has 0 unspecified atom stereocenters. The van der Waals surface area contributed by atoms with E-state index in [-0.39, 0.29) is 30.8 Å². The number of aromatic nitrogens is 1. The monoisotopic (exact) mass is 377 g/mol. The van der Waals surface area contributed by atoms with Crippen molar-refractivity contribution in [3.63, 3.8) is 0 Å². The molecule has 3 aromatic rings. The summed E-state index contributed by atoms with van der Waals surface area (Å²) in [6, 6.07) is 13.9. The molecule has 3 heterocycles. The van der Waals surface area contributed by atoms with Gasteiger partial charge in [0.25, 0.3) is 0 Å². The summed E-state index contributed by atoms with van der Waals surface area (Å²) >= 11 is 0. The summed E-state index contributed by atoms with van der Waals surface area (Å²) < 4.78 is 11.0. The summed E-state index contributed by atoms with van der Waals surface area (Å²) in [5.74, 6) is 1.52. The zero-order chi connectivity index (χ0) is 19.3. The molecule has 144 valence electrons. The molecule has 0 bridgehead atoms. The minimum absolute atomic E-state index is 0.0247. The van der Waals surface area contributed by atoms with Crippen LogP contribution in [-0.4, -0.2) is 29.8 Å². The molecule has 2 atom stereocenters. The summed E-state index contributed by atoms with van der Waals surface area (Å²) in [6.45, 7) is 4.20. The van der Waals surface area contributed by atoms with E-state index in [0.717, 1.165) is 28.3 Å². The van der Waals surface area contributed by atoms with Crippen LogP contribution in [-0.2, 0) is 11.2 Å². The van der Waals surface area contributed by atoms with E-state index in [1.54, 1.807) is 0 Å². The normalized spacial score (nSPS) is 20.4. The van der Waals surface area contributed by atoms with Crippen LogP contribution in [0.1, 0.15) is 36.7 Å². The Morgan fingerprint density at radius 1 is 1.14 bits per heavy atom. The third-order valence-electron chi connectivity index (χ3n) is 5.39. The first kappa shape index (κ1) is 17.1. The molecule has 2 aliphatic rings. The van der Waals surface area contributed by atoms with Gasteiger partial charge in [0, 0.05) is 22.6 Å². The fraction of sp³-hybridized carbons (Fsp3) is 0.318. The van der Waals surface area contributed by atoms with E-state index >= 15 is 0 Å². The Bertz CT molecular complexity index is 1060. The molecular weight excluding hydrogens is 354 g/mol. The van der Waals surface area contributed by atoms with Crippen LogP contribution in [0.5, 0.6) is 11.5 Å². The van der Waals surface area contributed by atoms with Gasteiger partial charge >= 0.3 is 0 Å². The van der Waals surface area contributed by atoms with Gasteiger partial charge < -0.3 is 19.8 Å². The summed E-state index contributed by atoms with van der Waals surface area (Å²) in [5.41, 5.74) is 4.43. The SMILES string of the molecule is CC(C)NC(=O)[C@@H]1Cc2c([nH]c3ccccc23)[C@@H](c2ccc3c(c2)OCO3)N1. The van der Waals surface area contributed by atoms with Gasteiger partial charge in [-0.3, -0.25) is 10.1 Å². The molecule has 2 aliphatic heterocycles. The topological polar surface area (TPSA) is 75.4 Å². The van der Waals surface area contributed by atoms with E-state index in [1.807, 2.05) is 44.2 Å². The fourth-order valence-electron chi connectivity index (χ4n) is 4.14. The minimum atomic E-state index is -0.301. The summed E-state index contributed by atoms with van der Waals surface area (Å²) in [6.07, 6.45) is 0.652. The van der Waals surface area contributed by atoms with Gasteiger partial charge in [-0.25, -0.2) is 0 Å². The highest BCUT2D eigenvalue weighted by Gasteiger charge is 2.34. The number of hydrogen-bond acceptors (Lipinski definition) is 4. The Kier molecular flexibility index (Phi) is 4.02. The number of benzene rings is 2. The minimum Gasteiger partial charge on any atom is -0.454 e. The highest BCUT2D eigenvalue weighted by Crippen LogP contribution is 2.39. The molecule has 1 aromatic heterocycles. The van der Waals surface area contributed by atoms with Gasteiger partial charge in [-0.2, -0.15) is 0 Å². The first-order valence-electron chi connectivity index (χ1n) is 9.65. The molecule has 3 N–H and O–H groups in total. The molecule has 6 nitrogen and oxygen atoms in total. The predicted molar refractivity (Wildman–Crippen MR) is 107 cm³/mol. The number of ether oxygens (including phenoxy) is 2. The Hall–Kier alpha value is -2.99. The molecule has 1 amide bonds. The van der Waals surface area contributed by atoms with Crippen LogP contribution in [0.25, 0.3) is 10.9 Å². The van der Waals surface area contributed by atoms with Crippen molar-refractivity contribution in [1.29, 1.82) is 0 Å². The van der Waals surface area contributed by atoms with E-state index in [9.17, 15) is 4.79 Å². The second-order valence-electron chi connectivity index (χ2n) is 7.70. The summed E-state index contributed by atoms with van der Waals surface area (Å²) in [4.78, 5) is 16.4. The van der Waals surface area contributed by atoms with Crippen molar-refractivity contribution in [2.24, 2.45) is 0 Å². The number of H-pyrrole nitrogens is 1. The maximum absolute atomic E-state index is 12.8. The van der Waals surface area contributed by atoms with Gasteiger partial charge in [-0.05, 0) is 49.6 Å². The predicted octanol–water partition coefficient (Wildman–Crippen LogP) is 3.02. The van der Waals surface area contributed by atoms with Gasteiger partial charge in [0.05, 0.1) is 12.1 Å². The van der Waals surface area contributed by atoms with Crippen LogP contribution in [0.3, 0.4) is 0 Å². The Labute approximate surface area is 163 Å². The molecule has 0 saturated heterocycles. The summed E-state index contributed by atoms with van der Waals surface area (Å²) in [5, 5.41) is 7.76. The van der Waals surface area contributed by atoms with Crippen molar-refractivity contribution in [3.05, 3.63) is 59.3 Å². The summed E-state index contributed by atoms with van der Waals surface area (Å²) in [7, 11) is 0. The number of amides is 1. The van der Waals surface area contributed by atoms with Gasteiger partial charge in [0.15, 0.2) is 11.5 Å². The van der Waals surface area contributed by atoms with E-state index in [1.165, 1.54) is 10.9 Å².